The second-order valence-corrected chi connectivity index (χ2v) is 5.26. The van der Waals surface area contributed by atoms with E-state index >= 15 is 0 Å². The average Bonchev–Trinajstić information content (AvgIpc) is 2.65. The molecule has 2 aromatic rings. The SMILES string of the molecule is C#CCN(C)C(=O)c1sc2cc(C)ccc2c1N. The van der Waals surface area contributed by atoms with Gasteiger partial charge in [-0.3, -0.25) is 4.79 Å². The average molecular weight is 258 g/mol. The molecule has 1 aromatic heterocycles. The van der Waals surface area contributed by atoms with Crippen molar-refractivity contribution in [3.05, 3.63) is 28.6 Å². The van der Waals surface area contributed by atoms with Crippen LogP contribution in [0, 0.1) is 19.3 Å². The topological polar surface area (TPSA) is 46.3 Å². The summed E-state index contributed by atoms with van der Waals surface area (Å²) in [6.45, 7) is 2.30. The van der Waals surface area contributed by atoms with Gasteiger partial charge in [-0.05, 0) is 18.6 Å². The molecule has 0 bridgehead atoms. The summed E-state index contributed by atoms with van der Waals surface area (Å²) in [6, 6.07) is 5.98. The first kappa shape index (κ1) is 12.5. The largest absolute Gasteiger partial charge is 0.397 e. The highest BCUT2D eigenvalue weighted by Gasteiger charge is 2.19. The number of nitrogens with zero attached hydrogens (tertiary/aromatic N) is 1. The lowest BCUT2D eigenvalue weighted by Gasteiger charge is -2.12. The molecule has 1 amide bonds. The number of nitrogens with two attached hydrogens (primary N) is 1. The number of amides is 1. The van der Waals surface area contributed by atoms with E-state index in [4.69, 9.17) is 12.2 Å². The Hall–Kier alpha value is -1.99. The first-order valence-electron chi connectivity index (χ1n) is 5.52. The van der Waals surface area contributed by atoms with Crippen molar-refractivity contribution in [2.24, 2.45) is 0 Å². The standard InChI is InChI=1S/C14H14N2OS/c1-4-7-16(3)14(17)13-12(15)10-6-5-9(2)8-11(10)18-13/h1,5-6,8H,7,15H2,2-3H3. The van der Waals surface area contributed by atoms with Crippen molar-refractivity contribution in [1.29, 1.82) is 0 Å². The molecule has 0 unspecified atom stereocenters. The van der Waals surface area contributed by atoms with Crippen LogP contribution in [-0.2, 0) is 0 Å². The number of benzene rings is 1. The Morgan fingerprint density at radius 1 is 1.56 bits per heavy atom. The van der Waals surface area contributed by atoms with Gasteiger partial charge in [0.1, 0.15) is 4.88 Å². The maximum absolute atomic E-state index is 12.2. The van der Waals surface area contributed by atoms with E-state index in [1.165, 1.54) is 16.2 Å². The summed E-state index contributed by atoms with van der Waals surface area (Å²) in [5.74, 6) is 2.33. The van der Waals surface area contributed by atoms with Gasteiger partial charge in [0, 0.05) is 17.1 Å². The van der Waals surface area contributed by atoms with E-state index in [0.717, 1.165) is 15.6 Å². The zero-order chi connectivity index (χ0) is 13.3. The molecule has 4 heteroatoms. The number of carbonyl (C=O) groups excluding carboxylic acids is 1. The highest BCUT2D eigenvalue weighted by molar-refractivity contribution is 7.21. The van der Waals surface area contributed by atoms with Crippen LogP contribution in [0.15, 0.2) is 18.2 Å². The number of fused-ring (bicyclic) bond motifs is 1. The Balaban J connectivity index is 2.49. The zero-order valence-corrected chi connectivity index (χ0v) is 11.2. The van der Waals surface area contributed by atoms with Gasteiger partial charge >= 0.3 is 0 Å². The Labute approximate surface area is 110 Å². The smallest absolute Gasteiger partial charge is 0.266 e. The van der Waals surface area contributed by atoms with Crippen molar-refractivity contribution in [2.75, 3.05) is 19.3 Å². The van der Waals surface area contributed by atoms with Gasteiger partial charge in [0.05, 0.1) is 12.2 Å². The molecule has 0 fully saturated rings. The molecular weight excluding hydrogens is 244 g/mol. The second kappa shape index (κ2) is 4.71. The quantitative estimate of drug-likeness (QED) is 0.841. The number of rotatable bonds is 2. The molecule has 0 aliphatic carbocycles. The van der Waals surface area contributed by atoms with Crippen LogP contribution < -0.4 is 5.73 Å². The highest BCUT2D eigenvalue weighted by atomic mass is 32.1. The van der Waals surface area contributed by atoms with Crippen LogP contribution in [0.2, 0.25) is 0 Å². The minimum absolute atomic E-state index is 0.121. The van der Waals surface area contributed by atoms with E-state index < -0.39 is 0 Å². The van der Waals surface area contributed by atoms with Crippen molar-refractivity contribution in [3.63, 3.8) is 0 Å². The fraction of sp³-hybridized carbons (Fsp3) is 0.214. The van der Waals surface area contributed by atoms with Gasteiger partial charge in [-0.25, -0.2) is 0 Å². The summed E-state index contributed by atoms with van der Waals surface area (Å²) in [4.78, 5) is 14.2. The van der Waals surface area contributed by atoms with E-state index in [1.54, 1.807) is 7.05 Å². The van der Waals surface area contributed by atoms with Crippen LogP contribution in [-0.4, -0.2) is 24.4 Å². The van der Waals surface area contributed by atoms with Gasteiger partial charge in [0.15, 0.2) is 0 Å². The van der Waals surface area contributed by atoms with Crippen LogP contribution in [0.1, 0.15) is 15.2 Å². The molecule has 0 radical (unpaired) electrons. The number of terminal acetylenes is 1. The molecular formula is C14H14N2OS. The zero-order valence-electron chi connectivity index (χ0n) is 10.4. The van der Waals surface area contributed by atoms with E-state index in [9.17, 15) is 4.79 Å². The third-order valence-electron chi connectivity index (χ3n) is 2.75. The van der Waals surface area contributed by atoms with Crippen molar-refractivity contribution in [1.82, 2.24) is 4.90 Å². The second-order valence-electron chi connectivity index (χ2n) is 4.21. The number of hydrogen-bond acceptors (Lipinski definition) is 3. The van der Waals surface area contributed by atoms with Crippen molar-refractivity contribution in [2.45, 2.75) is 6.92 Å². The number of nitrogen functional groups attached to an aromatic ring is 1. The lowest BCUT2D eigenvalue weighted by Crippen LogP contribution is -2.26. The Morgan fingerprint density at radius 3 is 2.94 bits per heavy atom. The summed E-state index contributed by atoms with van der Waals surface area (Å²) in [5, 5.41) is 0.933. The molecule has 0 spiro atoms. The summed E-state index contributed by atoms with van der Waals surface area (Å²) in [7, 11) is 1.68. The van der Waals surface area contributed by atoms with Crippen molar-refractivity contribution in [3.8, 4) is 12.3 Å². The molecule has 0 atom stereocenters. The van der Waals surface area contributed by atoms with Crippen molar-refractivity contribution >= 4 is 33.0 Å². The minimum atomic E-state index is -0.121. The molecule has 2 N–H and O–H groups in total. The molecule has 0 aliphatic rings. The lowest BCUT2D eigenvalue weighted by atomic mass is 10.1. The lowest BCUT2D eigenvalue weighted by molar-refractivity contribution is 0.0818. The Bertz CT molecular complexity index is 652. The number of aryl methyl sites for hydroxylation is 1. The molecule has 0 aliphatic heterocycles. The van der Waals surface area contributed by atoms with Gasteiger partial charge < -0.3 is 10.6 Å². The first-order chi connectivity index (χ1) is 8.54. The van der Waals surface area contributed by atoms with E-state index in [-0.39, 0.29) is 12.5 Å². The van der Waals surface area contributed by atoms with Gasteiger partial charge in [0.25, 0.3) is 5.91 Å². The minimum Gasteiger partial charge on any atom is -0.397 e. The maximum Gasteiger partial charge on any atom is 0.266 e. The molecule has 0 saturated carbocycles. The summed E-state index contributed by atoms with van der Waals surface area (Å²) in [5.41, 5.74) is 7.73. The van der Waals surface area contributed by atoms with Crippen LogP contribution in [0.25, 0.3) is 10.1 Å². The van der Waals surface area contributed by atoms with E-state index in [0.29, 0.717) is 10.6 Å². The Morgan fingerprint density at radius 2 is 2.28 bits per heavy atom. The fourth-order valence-electron chi connectivity index (χ4n) is 1.76. The van der Waals surface area contributed by atoms with E-state index in [2.05, 4.69) is 5.92 Å². The van der Waals surface area contributed by atoms with Gasteiger partial charge in [-0.15, -0.1) is 17.8 Å². The normalized spacial score (nSPS) is 10.3. The third-order valence-corrected chi connectivity index (χ3v) is 3.91. The molecule has 1 heterocycles. The van der Waals surface area contributed by atoms with Crippen LogP contribution in [0.3, 0.4) is 0 Å². The molecule has 18 heavy (non-hydrogen) atoms. The molecule has 0 saturated heterocycles. The predicted octanol–water partition coefficient (Wildman–Crippen LogP) is 2.50. The summed E-state index contributed by atoms with van der Waals surface area (Å²) in [6.07, 6.45) is 5.21. The van der Waals surface area contributed by atoms with Gasteiger partial charge in [-0.2, -0.15) is 0 Å². The van der Waals surface area contributed by atoms with Gasteiger partial charge in [-0.1, -0.05) is 18.1 Å². The van der Waals surface area contributed by atoms with E-state index in [1.807, 2.05) is 25.1 Å². The molecule has 2 rings (SSSR count). The third kappa shape index (κ3) is 2.05. The maximum atomic E-state index is 12.2. The van der Waals surface area contributed by atoms with Gasteiger partial charge in [0.2, 0.25) is 0 Å². The van der Waals surface area contributed by atoms with Crippen molar-refractivity contribution < 1.29 is 4.79 Å². The predicted molar refractivity (Wildman–Crippen MR) is 76.8 cm³/mol. The first-order valence-corrected chi connectivity index (χ1v) is 6.33. The molecule has 92 valence electrons. The van der Waals surface area contributed by atoms with Crippen LogP contribution in [0.5, 0.6) is 0 Å². The number of carbonyl (C=O) groups is 1. The monoisotopic (exact) mass is 258 g/mol. The summed E-state index contributed by atoms with van der Waals surface area (Å²) >= 11 is 1.42. The van der Waals surface area contributed by atoms with Crippen LogP contribution in [0.4, 0.5) is 5.69 Å². The fourth-order valence-corrected chi connectivity index (χ4v) is 2.98. The number of anilines is 1. The summed E-state index contributed by atoms with van der Waals surface area (Å²) < 4.78 is 1.03. The number of thiophene rings is 1. The highest BCUT2D eigenvalue weighted by Crippen LogP contribution is 2.34. The van der Waals surface area contributed by atoms with Crippen LogP contribution >= 0.6 is 11.3 Å². The molecule has 1 aromatic carbocycles. The Kier molecular flexibility index (Phi) is 3.26. The number of hydrogen-bond donors (Lipinski definition) is 1. The molecule has 3 nitrogen and oxygen atoms in total.